The molecule has 0 bridgehead atoms. The first-order valence-electron chi connectivity index (χ1n) is 4.01. The van der Waals surface area contributed by atoms with Crippen LogP contribution in [0.15, 0.2) is 22.0 Å². The van der Waals surface area contributed by atoms with E-state index < -0.39 is 0 Å². The predicted molar refractivity (Wildman–Crippen MR) is 50.5 cm³/mol. The van der Waals surface area contributed by atoms with E-state index in [0.717, 1.165) is 10.8 Å². The maximum atomic E-state index is 10.6. The Labute approximate surface area is 75.6 Å². The van der Waals surface area contributed by atoms with Crippen molar-refractivity contribution in [1.29, 1.82) is 0 Å². The first-order chi connectivity index (χ1) is 5.83. The third kappa shape index (κ3) is 3.09. The molecule has 0 spiro atoms. The number of nitrogens with zero attached hydrogens (tertiary/aromatic N) is 1. The fourth-order valence-electron chi connectivity index (χ4n) is 0.733. The van der Waals surface area contributed by atoms with Crippen LogP contribution in [0.3, 0.4) is 0 Å². The van der Waals surface area contributed by atoms with Crippen LogP contribution in [0.4, 0.5) is 0 Å². The van der Waals surface area contributed by atoms with Gasteiger partial charge in [0, 0.05) is 6.07 Å². The van der Waals surface area contributed by atoms with Crippen LogP contribution in [-0.4, -0.2) is 16.0 Å². The quantitative estimate of drug-likeness (QED) is 0.572. The molecule has 0 saturated heterocycles. The molecule has 0 aliphatic heterocycles. The Morgan fingerprint density at radius 3 is 3.00 bits per heavy atom. The lowest BCUT2D eigenvalue weighted by Gasteiger charge is -1.96. The van der Waals surface area contributed by atoms with Gasteiger partial charge in [0.25, 0.3) is 5.56 Å². The molecule has 1 aromatic rings. The second-order valence-electron chi connectivity index (χ2n) is 2.46. The first-order valence-corrected chi connectivity index (χ1v) is 5.00. The Morgan fingerprint density at radius 1 is 1.58 bits per heavy atom. The van der Waals surface area contributed by atoms with Crippen molar-refractivity contribution in [3.63, 3.8) is 0 Å². The molecule has 0 unspecified atom stereocenters. The average Bonchev–Trinajstić information content (AvgIpc) is 2.09. The summed E-state index contributed by atoms with van der Waals surface area (Å²) >= 11 is 1.67. The summed E-state index contributed by atoms with van der Waals surface area (Å²) in [7, 11) is 0. The van der Waals surface area contributed by atoms with Crippen molar-refractivity contribution in [3.05, 3.63) is 22.5 Å². The fraction of sp³-hybridized carbons (Fsp3) is 0.500. The van der Waals surface area contributed by atoms with Gasteiger partial charge >= 0.3 is 0 Å². The van der Waals surface area contributed by atoms with E-state index >= 15 is 0 Å². The van der Waals surface area contributed by atoms with Gasteiger partial charge in [-0.05, 0) is 18.2 Å². The second kappa shape index (κ2) is 4.98. The molecule has 1 N–H and O–H groups in total. The molecule has 1 rings (SSSR count). The van der Waals surface area contributed by atoms with E-state index in [1.807, 2.05) is 0 Å². The van der Waals surface area contributed by atoms with Crippen LogP contribution in [-0.2, 0) is 0 Å². The Balaban J connectivity index is 2.42. The summed E-state index contributed by atoms with van der Waals surface area (Å²) in [5.41, 5.74) is -0.144. The minimum absolute atomic E-state index is 0.144. The molecule has 0 saturated carbocycles. The number of unbranched alkanes of at least 4 members (excludes halogenated alkanes) is 1. The smallest absolute Gasteiger partial charge is 0.264 e. The van der Waals surface area contributed by atoms with E-state index in [1.165, 1.54) is 18.9 Å². The molecule has 0 radical (unpaired) electrons. The molecule has 0 fully saturated rings. The summed E-state index contributed by atoms with van der Waals surface area (Å²) in [6.07, 6.45) is 2.38. The molecule has 3 nitrogen and oxygen atoms in total. The van der Waals surface area contributed by atoms with Crippen LogP contribution in [0, 0.1) is 0 Å². The standard InChI is InChI=1S/C8H12N2OS/c1-2-3-6-12-8-5-4-7(11)9-10-8/h4-5H,2-3,6H2,1H3,(H,9,11). The monoisotopic (exact) mass is 184 g/mol. The molecular formula is C8H12N2OS. The minimum atomic E-state index is -0.144. The SMILES string of the molecule is CCCCSc1ccc(=O)[nH]n1. The molecule has 0 atom stereocenters. The molecule has 0 amide bonds. The van der Waals surface area contributed by atoms with Crippen LogP contribution in [0.5, 0.6) is 0 Å². The van der Waals surface area contributed by atoms with E-state index in [4.69, 9.17) is 0 Å². The Hall–Kier alpha value is -0.770. The molecule has 0 aromatic carbocycles. The lowest BCUT2D eigenvalue weighted by Crippen LogP contribution is -2.05. The van der Waals surface area contributed by atoms with Crippen molar-refractivity contribution in [2.75, 3.05) is 5.75 Å². The van der Waals surface area contributed by atoms with Crippen molar-refractivity contribution in [2.24, 2.45) is 0 Å². The van der Waals surface area contributed by atoms with Gasteiger partial charge in [0.1, 0.15) is 5.03 Å². The minimum Gasteiger partial charge on any atom is -0.268 e. The van der Waals surface area contributed by atoms with Crippen molar-refractivity contribution in [3.8, 4) is 0 Å². The van der Waals surface area contributed by atoms with Crippen LogP contribution in [0.1, 0.15) is 19.8 Å². The van der Waals surface area contributed by atoms with Gasteiger partial charge in [-0.1, -0.05) is 13.3 Å². The lowest BCUT2D eigenvalue weighted by atomic mass is 10.4. The number of nitrogens with one attached hydrogen (secondary N) is 1. The summed E-state index contributed by atoms with van der Waals surface area (Å²) in [6.45, 7) is 2.15. The number of aromatic amines is 1. The molecule has 1 heterocycles. The summed E-state index contributed by atoms with van der Waals surface area (Å²) in [6, 6.07) is 3.25. The van der Waals surface area contributed by atoms with Crippen molar-refractivity contribution in [2.45, 2.75) is 24.8 Å². The number of rotatable bonds is 4. The van der Waals surface area contributed by atoms with Crippen LogP contribution in [0.25, 0.3) is 0 Å². The van der Waals surface area contributed by atoms with Crippen molar-refractivity contribution < 1.29 is 0 Å². The zero-order chi connectivity index (χ0) is 8.81. The number of thioether (sulfide) groups is 1. The highest BCUT2D eigenvalue weighted by Crippen LogP contribution is 2.13. The Bertz CT molecular complexity index is 264. The fourth-order valence-corrected chi connectivity index (χ4v) is 1.65. The van der Waals surface area contributed by atoms with E-state index in [-0.39, 0.29) is 5.56 Å². The number of hydrogen-bond donors (Lipinski definition) is 1. The second-order valence-corrected chi connectivity index (χ2v) is 3.58. The number of hydrogen-bond acceptors (Lipinski definition) is 3. The normalized spacial score (nSPS) is 10.1. The average molecular weight is 184 g/mol. The predicted octanol–water partition coefficient (Wildman–Crippen LogP) is 1.66. The zero-order valence-electron chi connectivity index (χ0n) is 7.04. The highest BCUT2D eigenvalue weighted by atomic mass is 32.2. The third-order valence-corrected chi connectivity index (χ3v) is 2.42. The largest absolute Gasteiger partial charge is 0.268 e. The maximum Gasteiger partial charge on any atom is 0.264 e. The van der Waals surface area contributed by atoms with Gasteiger partial charge in [-0.25, -0.2) is 5.10 Å². The number of aromatic nitrogens is 2. The van der Waals surface area contributed by atoms with E-state index in [0.29, 0.717) is 0 Å². The molecule has 66 valence electrons. The highest BCUT2D eigenvalue weighted by molar-refractivity contribution is 7.99. The molecule has 4 heteroatoms. The Morgan fingerprint density at radius 2 is 2.42 bits per heavy atom. The molecule has 12 heavy (non-hydrogen) atoms. The van der Waals surface area contributed by atoms with Gasteiger partial charge in [0.15, 0.2) is 0 Å². The van der Waals surface area contributed by atoms with E-state index in [9.17, 15) is 4.79 Å². The Kier molecular flexibility index (Phi) is 3.87. The van der Waals surface area contributed by atoms with Gasteiger partial charge < -0.3 is 0 Å². The number of H-pyrrole nitrogens is 1. The van der Waals surface area contributed by atoms with E-state index in [1.54, 1.807) is 17.8 Å². The molecular weight excluding hydrogens is 172 g/mol. The van der Waals surface area contributed by atoms with Crippen molar-refractivity contribution >= 4 is 11.8 Å². The third-order valence-electron chi connectivity index (χ3n) is 1.40. The maximum absolute atomic E-state index is 10.6. The van der Waals surface area contributed by atoms with Crippen molar-refractivity contribution in [1.82, 2.24) is 10.2 Å². The molecule has 1 aromatic heterocycles. The van der Waals surface area contributed by atoms with Gasteiger partial charge in [-0.15, -0.1) is 11.8 Å². The first kappa shape index (κ1) is 9.32. The lowest BCUT2D eigenvalue weighted by molar-refractivity contribution is 0.878. The van der Waals surface area contributed by atoms with E-state index in [2.05, 4.69) is 17.1 Å². The highest BCUT2D eigenvalue weighted by Gasteiger charge is 1.93. The van der Waals surface area contributed by atoms with Gasteiger partial charge in [0.05, 0.1) is 0 Å². The summed E-state index contributed by atoms with van der Waals surface area (Å²) in [5, 5.41) is 7.17. The van der Waals surface area contributed by atoms with Crippen LogP contribution in [0.2, 0.25) is 0 Å². The topological polar surface area (TPSA) is 45.8 Å². The van der Waals surface area contributed by atoms with Gasteiger partial charge in [-0.3, -0.25) is 4.79 Å². The van der Waals surface area contributed by atoms with Gasteiger partial charge in [-0.2, -0.15) is 5.10 Å². The summed E-state index contributed by atoms with van der Waals surface area (Å²) in [5.74, 6) is 1.07. The van der Waals surface area contributed by atoms with Crippen LogP contribution < -0.4 is 5.56 Å². The molecule has 0 aliphatic carbocycles. The summed E-state index contributed by atoms with van der Waals surface area (Å²) in [4.78, 5) is 10.6. The molecule has 0 aliphatic rings. The zero-order valence-corrected chi connectivity index (χ0v) is 7.86. The summed E-state index contributed by atoms with van der Waals surface area (Å²) < 4.78 is 0. The van der Waals surface area contributed by atoms with Crippen LogP contribution >= 0.6 is 11.8 Å². The van der Waals surface area contributed by atoms with Gasteiger partial charge in [0.2, 0.25) is 0 Å².